The van der Waals surface area contributed by atoms with Crippen LogP contribution in [0.5, 0.6) is 0 Å². The van der Waals surface area contributed by atoms with Crippen molar-refractivity contribution in [1.82, 2.24) is 29.0 Å². The van der Waals surface area contributed by atoms with Crippen molar-refractivity contribution in [2.24, 2.45) is 7.05 Å². The molecule has 1 N–H and O–H groups in total. The fourth-order valence-corrected chi connectivity index (χ4v) is 5.48. The molecule has 8 nitrogen and oxygen atoms in total. The van der Waals surface area contributed by atoms with Gasteiger partial charge in [0.05, 0.1) is 23.8 Å². The molecule has 218 valence electrons. The number of Topliss-reactive ketones (excluding diaryl/α,β-unsaturated/α-hetero) is 1. The van der Waals surface area contributed by atoms with E-state index in [-0.39, 0.29) is 5.78 Å². The van der Waals surface area contributed by atoms with E-state index in [4.69, 9.17) is 0 Å². The van der Waals surface area contributed by atoms with E-state index < -0.39 is 0 Å². The first-order chi connectivity index (χ1) is 20.8. The number of benzene rings is 2. The van der Waals surface area contributed by atoms with Gasteiger partial charge in [0.2, 0.25) is 0 Å². The summed E-state index contributed by atoms with van der Waals surface area (Å²) in [6.45, 7) is 9.54. The van der Waals surface area contributed by atoms with Crippen LogP contribution >= 0.6 is 0 Å². The molecule has 1 saturated heterocycles. The Bertz CT molecular complexity index is 1850. The van der Waals surface area contributed by atoms with E-state index in [1.54, 1.807) is 17.1 Å². The SMILES string of the molecule is Cc1ccc(C(=O)Cc2ccc(CN3CCN(C)CC3)c(C)c2)cc1C#Cc1cnc2c(Nc3cnn(C)c3)cccn12. The highest BCUT2D eigenvalue weighted by atomic mass is 16.1. The van der Waals surface area contributed by atoms with Gasteiger partial charge in [0.15, 0.2) is 11.4 Å². The Morgan fingerprint density at radius 1 is 0.953 bits per heavy atom. The van der Waals surface area contributed by atoms with E-state index in [9.17, 15) is 4.79 Å². The minimum absolute atomic E-state index is 0.0928. The van der Waals surface area contributed by atoms with Crippen LogP contribution in [-0.4, -0.2) is 68.0 Å². The number of pyridine rings is 1. The number of anilines is 2. The first-order valence-electron chi connectivity index (χ1n) is 14.7. The molecule has 3 aromatic heterocycles. The highest BCUT2D eigenvalue weighted by molar-refractivity contribution is 5.98. The molecule has 1 aliphatic heterocycles. The van der Waals surface area contributed by atoms with Gasteiger partial charge in [0, 0.05) is 69.7 Å². The number of nitrogens with one attached hydrogen (secondary N) is 1. The molecule has 8 heteroatoms. The summed E-state index contributed by atoms with van der Waals surface area (Å²) in [6, 6.07) is 16.2. The standard InChI is InChI=1S/C35H37N7O/c1-25-7-9-29(34(43)19-27-8-10-30(26(2)18-27)23-41-16-14-39(3)15-17-41)20-28(25)11-12-32-22-36-35-33(6-5-13-42(32)35)38-31-21-37-40(4)24-31/h5-10,13,18,20-22,24,38H,14-17,19,23H2,1-4H3. The maximum atomic E-state index is 13.3. The quantitative estimate of drug-likeness (QED) is 0.219. The maximum Gasteiger partial charge on any atom is 0.167 e. The van der Waals surface area contributed by atoms with E-state index in [1.165, 1.54) is 11.1 Å². The number of nitrogens with zero attached hydrogens (tertiary/aromatic N) is 6. The van der Waals surface area contributed by atoms with Crippen molar-refractivity contribution in [2.45, 2.75) is 26.8 Å². The Kier molecular flexibility index (Phi) is 8.10. The molecule has 0 saturated carbocycles. The van der Waals surface area contributed by atoms with Crippen molar-refractivity contribution in [3.8, 4) is 11.8 Å². The Balaban J connectivity index is 1.16. The summed E-state index contributed by atoms with van der Waals surface area (Å²) in [5.41, 5.74) is 9.47. The van der Waals surface area contributed by atoms with Gasteiger partial charge in [-0.3, -0.25) is 18.8 Å². The highest BCUT2D eigenvalue weighted by Crippen LogP contribution is 2.22. The molecule has 0 spiro atoms. The Morgan fingerprint density at radius 2 is 1.79 bits per heavy atom. The van der Waals surface area contributed by atoms with Gasteiger partial charge < -0.3 is 10.2 Å². The van der Waals surface area contributed by atoms with Crippen LogP contribution in [0.3, 0.4) is 0 Å². The van der Waals surface area contributed by atoms with E-state index in [0.29, 0.717) is 12.0 Å². The lowest BCUT2D eigenvalue weighted by atomic mass is 9.96. The first-order valence-corrected chi connectivity index (χ1v) is 14.7. The molecule has 0 amide bonds. The Morgan fingerprint density at radius 3 is 2.56 bits per heavy atom. The number of fused-ring (bicyclic) bond motifs is 1. The Hall–Kier alpha value is -4.71. The normalized spacial score (nSPS) is 14.0. The molecule has 6 rings (SSSR count). The van der Waals surface area contributed by atoms with E-state index in [0.717, 1.165) is 72.1 Å². The molecule has 1 aliphatic rings. The third kappa shape index (κ3) is 6.54. The molecule has 1 fully saturated rings. The molecule has 2 aromatic carbocycles. The van der Waals surface area contributed by atoms with Crippen LogP contribution in [0, 0.1) is 25.7 Å². The minimum atomic E-state index is 0.0928. The molecule has 0 bridgehead atoms. The third-order valence-corrected chi connectivity index (χ3v) is 8.17. The second-order valence-electron chi connectivity index (χ2n) is 11.5. The molecule has 4 heterocycles. The van der Waals surface area contributed by atoms with Gasteiger partial charge in [-0.25, -0.2) is 4.98 Å². The first kappa shape index (κ1) is 28.4. The van der Waals surface area contributed by atoms with Crippen LogP contribution in [-0.2, 0) is 20.0 Å². The zero-order valence-electron chi connectivity index (χ0n) is 25.3. The number of aromatic nitrogens is 4. The van der Waals surface area contributed by atoms with Crippen LogP contribution in [0.25, 0.3) is 5.65 Å². The minimum Gasteiger partial charge on any atom is -0.350 e. The monoisotopic (exact) mass is 571 g/mol. The van der Waals surface area contributed by atoms with Crippen molar-refractivity contribution < 1.29 is 4.79 Å². The molecular formula is C35H37N7O. The summed E-state index contributed by atoms with van der Waals surface area (Å²) in [6.07, 6.45) is 7.78. The number of carbonyl (C=O) groups excluding carboxylic acids is 1. The number of rotatable bonds is 7. The number of piperazine rings is 1. The van der Waals surface area contributed by atoms with E-state index in [1.807, 2.05) is 61.1 Å². The summed E-state index contributed by atoms with van der Waals surface area (Å²) >= 11 is 0. The fraction of sp³-hybridized carbons (Fsp3) is 0.286. The maximum absolute atomic E-state index is 13.3. The van der Waals surface area contributed by atoms with Crippen molar-refractivity contribution >= 4 is 22.8 Å². The van der Waals surface area contributed by atoms with Crippen LogP contribution in [0.1, 0.15) is 43.9 Å². The number of aryl methyl sites for hydroxylation is 3. The second-order valence-corrected chi connectivity index (χ2v) is 11.5. The summed E-state index contributed by atoms with van der Waals surface area (Å²) < 4.78 is 3.71. The number of carbonyl (C=O) groups is 1. The second kappa shape index (κ2) is 12.3. The molecule has 43 heavy (non-hydrogen) atoms. The lowest BCUT2D eigenvalue weighted by Crippen LogP contribution is -2.43. The van der Waals surface area contributed by atoms with Gasteiger partial charge in [0.25, 0.3) is 0 Å². The molecular weight excluding hydrogens is 534 g/mol. The highest BCUT2D eigenvalue weighted by Gasteiger charge is 2.16. The van der Waals surface area contributed by atoms with Gasteiger partial charge in [0.1, 0.15) is 5.69 Å². The predicted octanol–water partition coefficient (Wildman–Crippen LogP) is 5.00. The molecule has 0 radical (unpaired) electrons. The third-order valence-electron chi connectivity index (χ3n) is 8.17. The summed E-state index contributed by atoms with van der Waals surface area (Å²) in [4.78, 5) is 22.8. The molecule has 0 unspecified atom stereocenters. The van der Waals surface area contributed by atoms with Crippen LogP contribution in [0.2, 0.25) is 0 Å². The molecule has 0 aliphatic carbocycles. The van der Waals surface area contributed by atoms with Gasteiger partial charge in [-0.1, -0.05) is 36.3 Å². The number of likely N-dealkylation sites (N-methyl/N-ethyl adjacent to an activating group) is 1. The zero-order valence-corrected chi connectivity index (χ0v) is 25.3. The molecule has 5 aromatic rings. The lowest BCUT2D eigenvalue weighted by molar-refractivity contribution is 0.0993. The largest absolute Gasteiger partial charge is 0.350 e. The van der Waals surface area contributed by atoms with E-state index in [2.05, 4.69) is 69.2 Å². The van der Waals surface area contributed by atoms with Crippen molar-refractivity contribution in [1.29, 1.82) is 0 Å². The average molecular weight is 572 g/mol. The van der Waals surface area contributed by atoms with E-state index >= 15 is 0 Å². The van der Waals surface area contributed by atoms with Crippen LogP contribution in [0.4, 0.5) is 11.4 Å². The predicted molar refractivity (Wildman–Crippen MR) is 171 cm³/mol. The van der Waals surface area contributed by atoms with Crippen LogP contribution < -0.4 is 5.32 Å². The number of hydrogen-bond donors (Lipinski definition) is 1. The van der Waals surface area contributed by atoms with Crippen molar-refractivity contribution in [2.75, 3.05) is 38.5 Å². The molecule has 0 atom stereocenters. The fourth-order valence-electron chi connectivity index (χ4n) is 5.48. The van der Waals surface area contributed by atoms with Crippen molar-refractivity contribution in [3.05, 3.63) is 112 Å². The smallest absolute Gasteiger partial charge is 0.167 e. The van der Waals surface area contributed by atoms with Gasteiger partial charge in [-0.05, 0) is 67.3 Å². The number of imidazole rings is 1. The Labute approximate surface area is 253 Å². The lowest BCUT2D eigenvalue weighted by Gasteiger charge is -2.32. The van der Waals surface area contributed by atoms with Crippen LogP contribution in [0.15, 0.2) is 73.3 Å². The summed E-state index contributed by atoms with van der Waals surface area (Å²) in [5, 5.41) is 7.59. The summed E-state index contributed by atoms with van der Waals surface area (Å²) in [5.74, 6) is 6.66. The average Bonchev–Trinajstić information content (AvgIpc) is 3.61. The van der Waals surface area contributed by atoms with Gasteiger partial charge >= 0.3 is 0 Å². The zero-order chi connectivity index (χ0) is 29.9. The number of hydrogen-bond acceptors (Lipinski definition) is 6. The number of ketones is 1. The van der Waals surface area contributed by atoms with Gasteiger partial charge in [-0.2, -0.15) is 5.10 Å². The topological polar surface area (TPSA) is 70.7 Å². The summed E-state index contributed by atoms with van der Waals surface area (Å²) in [7, 11) is 4.06. The van der Waals surface area contributed by atoms with Gasteiger partial charge in [-0.15, -0.1) is 0 Å². The van der Waals surface area contributed by atoms with Crippen molar-refractivity contribution in [3.63, 3.8) is 0 Å².